The average Bonchev–Trinajstić information content (AvgIpc) is 2.30. The molecule has 2 atom stereocenters. The Kier molecular flexibility index (Phi) is 3.29. The Morgan fingerprint density at radius 1 is 1.31 bits per heavy atom. The lowest BCUT2D eigenvalue weighted by atomic mass is 9.97. The lowest BCUT2D eigenvalue weighted by Gasteiger charge is -2.40. The van der Waals surface area contributed by atoms with Gasteiger partial charge in [-0.25, -0.2) is 10.8 Å². The monoisotopic (exact) mass is 220 g/mol. The van der Waals surface area contributed by atoms with Crippen LogP contribution in [0.25, 0.3) is 0 Å². The highest BCUT2D eigenvalue weighted by atomic mass is 15.3. The van der Waals surface area contributed by atoms with E-state index >= 15 is 0 Å². The number of nitrogens with one attached hydrogen (secondary N) is 1. The maximum Gasteiger partial charge on any atom is 0.140 e. The van der Waals surface area contributed by atoms with Gasteiger partial charge in [0.05, 0.1) is 11.9 Å². The predicted molar refractivity (Wildman–Crippen MR) is 67.3 cm³/mol. The molecule has 88 valence electrons. The highest BCUT2D eigenvalue weighted by Crippen LogP contribution is 2.28. The summed E-state index contributed by atoms with van der Waals surface area (Å²) in [5.41, 5.74) is 3.74. The fraction of sp³-hybridized carbons (Fsp3) is 0.583. The number of anilines is 2. The molecule has 4 nitrogen and oxygen atoms in total. The number of hydrazine groups is 1. The van der Waals surface area contributed by atoms with Crippen molar-refractivity contribution in [2.75, 3.05) is 10.3 Å². The summed E-state index contributed by atoms with van der Waals surface area (Å²) in [5, 5.41) is 0. The Hall–Kier alpha value is -1.29. The Morgan fingerprint density at radius 3 is 2.50 bits per heavy atom. The molecule has 0 bridgehead atoms. The van der Waals surface area contributed by atoms with E-state index in [0.29, 0.717) is 17.9 Å². The van der Waals surface area contributed by atoms with Crippen molar-refractivity contribution in [1.29, 1.82) is 0 Å². The Balaban J connectivity index is 2.20. The molecule has 0 amide bonds. The highest BCUT2D eigenvalue weighted by Gasteiger charge is 2.24. The smallest absolute Gasteiger partial charge is 0.140 e. The summed E-state index contributed by atoms with van der Waals surface area (Å²) in [6, 6.07) is 5.20. The van der Waals surface area contributed by atoms with E-state index in [4.69, 9.17) is 5.84 Å². The normalized spacial score (nSPS) is 25.6. The molecule has 0 spiro atoms. The lowest BCUT2D eigenvalue weighted by Crippen LogP contribution is -2.43. The van der Waals surface area contributed by atoms with Crippen LogP contribution in [0.4, 0.5) is 11.5 Å². The van der Waals surface area contributed by atoms with Crippen LogP contribution in [0.1, 0.15) is 33.1 Å². The lowest BCUT2D eigenvalue weighted by molar-refractivity contribution is 0.414. The minimum absolute atomic E-state index is 0.599. The summed E-state index contributed by atoms with van der Waals surface area (Å²) in [5.74, 6) is 6.02. The first-order valence-electron chi connectivity index (χ1n) is 5.93. The number of hydrogen-bond donors (Lipinski definition) is 2. The molecule has 0 aromatic carbocycles. The summed E-state index contributed by atoms with van der Waals surface area (Å²) in [6.45, 7) is 4.56. The number of nitrogens with zero attached hydrogens (tertiary/aromatic N) is 2. The zero-order chi connectivity index (χ0) is 11.5. The number of piperidine rings is 1. The number of pyridine rings is 1. The zero-order valence-electron chi connectivity index (χ0n) is 9.98. The second-order valence-corrected chi connectivity index (χ2v) is 4.58. The van der Waals surface area contributed by atoms with Crippen LogP contribution in [0.15, 0.2) is 18.3 Å². The molecule has 2 heterocycles. The molecular formula is C12H20N4. The van der Waals surface area contributed by atoms with Crippen molar-refractivity contribution < 1.29 is 0 Å². The zero-order valence-corrected chi connectivity index (χ0v) is 9.98. The summed E-state index contributed by atoms with van der Waals surface area (Å²) in [6.07, 6.45) is 5.75. The van der Waals surface area contributed by atoms with Crippen molar-refractivity contribution in [3.05, 3.63) is 18.3 Å². The van der Waals surface area contributed by atoms with E-state index < -0.39 is 0 Å². The second-order valence-electron chi connectivity index (χ2n) is 4.58. The standard InChI is InChI=1S/C12H20N4/c1-9-4-3-5-10(2)16(9)11-6-7-12(15-13)14-8-11/h6-10H,3-5,13H2,1-2H3,(H,14,15). The van der Waals surface area contributed by atoms with Gasteiger partial charge in [0.15, 0.2) is 0 Å². The molecule has 1 saturated heterocycles. The maximum absolute atomic E-state index is 5.31. The first-order chi connectivity index (χ1) is 7.72. The van der Waals surface area contributed by atoms with E-state index in [2.05, 4.69) is 35.2 Å². The molecule has 1 fully saturated rings. The molecule has 16 heavy (non-hydrogen) atoms. The number of rotatable bonds is 2. The van der Waals surface area contributed by atoms with Crippen LogP contribution in [0.2, 0.25) is 0 Å². The van der Waals surface area contributed by atoms with Gasteiger partial charge in [-0.3, -0.25) is 0 Å². The Bertz CT molecular complexity index is 325. The van der Waals surface area contributed by atoms with Crippen molar-refractivity contribution >= 4 is 11.5 Å². The minimum atomic E-state index is 0.599. The highest BCUT2D eigenvalue weighted by molar-refractivity contribution is 5.50. The van der Waals surface area contributed by atoms with E-state index in [0.717, 1.165) is 0 Å². The fourth-order valence-electron chi connectivity index (χ4n) is 2.55. The number of aromatic nitrogens is 1. The van der Waals surface area contributed by atoms with Crippen molar-refractivity contribution in [2.45, 2.75) is 45.2 Å². The Morgan fingerprint density at radius 2 is 2.00 bits per heavy atom. The molecule has 0 radical (unpaired) electrons. The third kappa shape index (κ3) is 2.11. The average molecular weight is 220 g/mol. The summed E-state index contributed by atoms with van der Waals surface area (Å²) >= 11 is 0. The molecule has 4 heteroatoms. The van der Waals surface area contributed by atoms with Gasteiger partial charge in [-0.05, 0) is 45.2 Å². The number of nitrogen functional groups attached to an aromatic ring is 1. The first kappa shape index (κ1) is 11.2. The van der Waals surface area contributed by atoms with Gasteiger partial charge in [-0.2, -0.15) is 0 Å². The molecule has 2 unspecified atom stereocenters. The SMILES string of the molecule is CC1CCCC(C)N1c1ccc(NN)nc1. The van der Waals surface area contributed by atoms with E-state index in [1.165, 1.54) is 24.9 Å². The van der Waals surface area contributed by atoms with Crippen molar-refractivity contribution in [3.63, 3.8) is 0 Å². The van der Waals surface area contributed by atoms with Crippen LogP contribution in [-0.4, -0.2) is 17.1 Å². The third-order valence-electron chi connectivity index (χ3n) is 3.39. The van der Waals surface area contributed by atoms with E-state index in [9.17, 15) is 0 Å². The molecule has 1 aromatic heterocycles. The largest absolute Gasteiger partial charge is 0.365 e. The van der Waals surface area contributed by atoms with E-state index in [1.807, 2.05) is 12.3 Å². The van der Waals surface area contributed by atoms with Gasteiger partial charge in [0, 0.05) is 12.1 Å². The van der Waals surface area contributed by atoms with Gasteiger partial charge in [-0.1, -0.05) is 0 Å². The maximum atomic E-state index is 5.31. The van der Waals surface area contributed by atoms with Crippen molar-refractivity contribution in [2.24, 2.45) is 5.84 Å². The molecule has 0 aliphatic carbocycles. The molecular weight excluding hydrogens is 200 g/mol. The summed E-state index contributed by atoms with van der Waals surface area (Å²) in [4.78, 5) is 6.72. The van der Waals surface area contributed by atoms with Crippen LogP contribution in [-0.2, 0) is 0 Å². The van der Waals surface area contributed by atoms with Crippen molar-refractivity contribution in [1.82, 2.24) is 4.98 Å². The van der Waals surface area contributed by atoms with Gasteiger partial charge in [0.25, 0.3) is 0 Å². The molecule has 3 N–H and O–H groups in total. The molecule has 0 saturated carbocycles. The van der Waals surface area contributed by atoms with Crippen LogP contribution >= 0.6 is 0 Å². The molecule has 1 aliphatic heterocycles. The molecule has 1 aliphatic rings. The predicted octanol–water partition coefficient (Wildman–Crippen LogP) is 2.13. The number of hydrogen-bond acceptors (Lipinski definition) is 4. The third-order valence-corrected chi connectivity index (χ3v) is 3.39. The summed E-state index contributed by atoms with van der Waals surface area (Å²) < 4.78 is 0. The van der Waals surface area contributed by atoms with Crippen LogP contribution in [0.5, 0.6) is 0 Å². The van der Waals surface area contributed by atoms with Gasteiger partial charge < -0.3 is 10.3 Å². The summed E-state index contributed by atoms with van der Waals surface area (Å²) in [7, 11) is 0. The van der Waals surface area contributed by atoms with Crippen LogP contribution < -0.4 is 16.2 Å². The van der Waals surface area contributed by atoms with Gasteiger partial charge in [0.1, 0.15) is 5.82 Å². The Labute approximate surface area is 96.8 Å². The van der Waals surface area contributed by atoms with Crippen molar-refractivity contribution in [3.8, 4) is 0 Å². The van der Waals surface area contributed by atoms with Crippen LogP contribution in [0, 0.1) is 0 Å². The minimum Gasteiger partial charge on any atom is -0.365 e. The fourth-order valence-corrected chi connectivity index (χ4v) is 2.55. The molecule has 2 rings (SSSR count). The van der Waals surface area contributed by atoms with Gasteiger partial charge in [0.2, 0.25) is 0 Å². The van der Waals surface area contributed by atoms with E-state index in [-0.39, 0.29) is 0 Å². The quantitative estimate of drug-likeness (QED) is 0.592. The van der Waals surface area contributed by atoms with Gasteiger partial charge >= 0.3 is 0 Å². The topological polar surface area (TPSA) is 54.2 Å². The number of nitrogens with two attached hydrogens (primary N) is 1. The van der Waals surface area contributed by atoms with E-state index in [1.54, 1.807) is 0 Å². The molecule has 1 aromatic rings. The van der Waals surface area contributed by atoms with Crippen LogP contribution in [0.3, 0.4) is 0 Å². The van der Waals surface area contributed by atoms with Gasteiger partial charge in [-0.15, -0.1) is 0 Å². The second kappa shape index (κ2) is 4.70. The first-order valence-corrected chi connectivity index (χ1v) is 5.93.